The first kappa shape index (κ1) is 18.8. The second-order valence-electron chi connectivity index (χ2n) is 6.67. The number of hydrogen-bond acceptors (Lipinski definition) is 4. The first-order chi connectivity index (χ1) is 14.0. The Morgan fingerprint density at radius 1 is 1.28 bits per heavy atom. The molecule has 0 atom stereocenters. The van der Waals surface area contributed by atoms with E-state index in [-0.39, 0.29) is 31.0 Å². The van der Waals surface area contributed by atoms with Crippen molar-refractivity contribution in [1.29, 1.82) is 0 Å². The van der Waals surface area contributed by atoms with Crippen LogP contribution in [0.3, 0.4) is 0 Å². The van der Waals surface area contributed by atoms with Crippen LogP contribution in [0.4, 0.5) is 8.78 Å². The van der Waals surface area contributed by atoms with E-state index in [4.69, 9.17) is 4.74 Å². The van der Waals surface area contributed by atoms with Gasteiger partial charge in [0.15, 0.2) is 5.69 Å². The Morgan fingerprint density at radius 2 is 2.07 bits per heavy atom. The summed E-state index contributed by atoms with van der Waals surface area (Å²) in [6.07, 6.45) is 0.579. The molecule has 0 aliphatic carbocycles. The third-order valence-corrected chi connectivity index (χ3v) is 4.82. The van der Waals surface area contributed by atoms with Gasteiger partial charge in [-0.25, -0.2) is 8.78 Å². The zero-order valence-corrected chi connectivity index (χ0v) is 15.6. The number of fused-ring (bicyclic) bond motifs is 3. The van der Waals surface area contributed by atoms with Gasteiger partial charge in [0.2, 0.25) is 0 Å². The molecule has 0 bridgehead atoms. The van der Waals surface area contributed by atoms with Crippen LogP contribution in [0.2, 0.25) is 0 Å². The quantitative estimate of drug-likeness (QED) is 0.621. The molecule has 1 aromatic heterocycles. The zero-order chi connectivity index (χ0) is 20.5. The van der Waals surface area contributed by atoms with Gasteiger partial charge in [-0.05, 0) is 24.3 Å². The number of aryl methyl sites for hydroxylation is 1. The van der Waals surface area contributed by atoms with Gasteiger partial charge in [0.1, 0.15) is 30.3 Å². The Bertz CT molecular complexity index is 1110. The van der Waals surface area contributed by atoms with Gasteiger partial charge in [-0.2, -0.15) is 5.10 Å². The number of rotatable bonds is 5. The highest BCUT2D eigenvalue weighted by atomic mass is 19.1. The standard InChI is InChI=1S/C21H17F2N3O3/c1-25-20-15-10-14(22)6-7-18(15)29-12-16(20)19(24-25)21(28)26(8-9-27)11-13-4-2-3-5-17(13)23/h2-7,9-10H,8,11-12H2,1H3. The van der Waals surface area contributed by atoms with Crippen molar-refractivity contribution in [3.63, 3.8) is 0 Å². The molecule has 2 aromatic carbocycles. The molecule has 148 valence electrons. The third kappa shape index (κ3) is 3.37. The number of amides is 1. The minimum atomic E-state index is -0.527. The summed E-state index contributed by atoms with van der Waals surface area (Å²) < 4.78 is 35.0. The van der Waals surface area contributed by atoms with Crippen LogP contribution < -0.4 is 4.74 Å². The molecule has 0 saturated carbocycles. The minimum absolute atomic E-state index is 0.0809. The molecule has 3 aromatic rings. The average molecular weight is 397 g/mol. The summed E-state index contributed by atoms with van der Waals surface area (Å²) in [5.41, 5.74) is 1.95. The van der Waals surface area contributed by atoms with Crippen molar-refractivity contribution in [2.75, 3.05) is 6.54 Å². The number of aromatic nitrogens is 2. The van der Waals surface area contributed by atoms with Crippen LogP contribution >= 0.6 is 0 Å². The Hall–Kier alpha value is -3.55. The summed E-state index contributed by atoms with van der Waals surface area (Å²) in [6.45, 7) is -0.218. The van der Waals surface area contributed by atoms with Crippen LogP contribution in [-0.2, 0) is 25.0 Å². The van der Waals surface area contributed by atoms with E-state index in [0.29, 0.717) is 28.9 Å². The summed E-state index contributed by atoms with van der Waals surface area (Å²) in [4.78, 5) is 25.5. The zero-order valence-electron chi connectivity index (χ0n) is 15.6. The van der Waals surface area contributed by atoms with Crippen LogP contribution in [0, 0.1) is 11.6 Å². The maximum Gasteiger partial charge on any atom is 0.275 e. The smallest absolute Gasteiger partial charge is 0.275 e. The summed E-state index contributed by atoms with van der Waals surface area (Å²) in [5.74, 6) is -0.930. The van der Waals surface area contributed by atoms with Crippen LogP contribution in [0.15, 0.2) is 42.5 Å². The first-order valence-electron chi connectivity index (χ1n) is 8.94. The number of aldehydes is 1. The van der Waals surface area contributed by atoms with Gasteiger partial charge >= 0.3 is 0 Å². The van der Waals surface area contributed by atoms with Gasteiger partial charge in [0.25, 0.3) is 5.91 Å². The maximum atomic E-state index is 14.0. The monoisotopic (exact) mass is 397 g/mol. The fourth-order valence-corrected chi connectivity index (χ4v) is 3.47. The van der Waals surface area contributed by atoms with Crippen molar-refractivity contribution in [3.8, 4) is 17.0 Å². The molecule has 29 heavy (non-hydrogen) atoms. The van der Waals surface area contributed by atoms with E-state index in [9.17, 15) is 18.4 Å². The Morgan fingerprint density at radius 3 is 2.83 bits per heavy atom. The second kappa shape index (κ2) is 7.46. The van der Waals surface area contributed by atoms with E-state index in [2.05, 4.69) is 5.10 Å². The Labute approximate surface area is 165 Å². The highest BCUT2D eigenvalue weighted by Crippen LogP contribution is 2.39. The SMILES string of the molecule is Cn1nc(C(=O)N(CC=O)Cc2ccccc2F)c2c1-c1cc(F)ccc1OC2. The first-order valence-corrected chi connectivity index (χ1v) is 8.94. The fraction of sp³-hybridized carbons (Fsp3) is 0.190. The van der Waals surface area contributed by atoms with Gasteiger partial charge in [0.05, 0.1) is 12.2 Å². The summed E-state index contributed by atoms with van der Waals surface area (Å²) in [6, 6.07) is 10.2. The van der Waals surface area contributed by atoms with Gasteiger partial charge in [-0.3, -0.25) is 9.48 Å². The summed E-state index contributed by atoms with van der Waals surface area (Å²) in [7, 11) is 1.65. The Balaban J connectivity index is 1.73. The number of halogens is 2. The number of carbonyl (C=O) groups is 2. The highest BCUT2D eigenvalue weighted by molar-refractivity contribution is 5.97. The lowest BCUT2D eigenvalue weighted by atomic mass is 10.0. The number of ether oxygens (including phenoxy) is 1. The van der Waals surface area contributed by atoms with Gasteiger partial charge in [-0.15, -0.1) is 0 Å². The molecule has 0 radical (unpaired) electrons. The topological polar surface area (TPSA) is 64.4 Å². The van der Waals surface area contributed by atoms with Crippen LogP contribution in [0.1, 0.15) is 21.6 Å². The average Bonchev–Trinajstić information content (AvgIpc) is 3.05. The third-order valence-electron chi connectivity index (χ3n) is 4.82. The molecular weight excluding hydrogens is 380 g/mol. The second-order valence-corrected chi connectivity index (χ2v) is 6.67. The molecule has 1 aliphatic heterocycles. The lowest BCUT2D eigenvalue weighted by Gasteiger charge is -2.22. The van der Waals surface area contributed by atoms with Crippen molar-refractivity contribution in [2.45, 2.75) is 13.2 Å². The molecule has 6 nitrogen and oxygen atoms in total. The molecular formula is C21H17F2N3O3. The largest absolute Gasteiger partial charge is 0.488 e. The molecule has 1 aliphatic rings. The lowest BCUT2D eigenvalue weighted by Crippen LogP contribution is -2.33. The molecule has 8 heteroatoms. The van der Waals surface area contributed by atoms with E-state index in [1.54, 1.807) is 25.2 Å². The van der Waals surface area contributed by atoms with Crippen LogP contribution in [0.25, 0.3) is 11.3 Å². The molecule has 4 rings (SSSR count). The highest BCUT2D eigenvalue weighted by Gasteiger charge is 2.31. The number of benzene rings is 2. The normalized spacial score (nSPS) is 12.0. The minimum Gasteiger partial charge on any atom is -0.488 e. The number of hydrogen-bond donors (Lipinski definition) is 0. The van der Waals surface area contributed by atoms with Gasteiger partial charge < -0.3 is 14.4 Å². The predicted octanol–water partition coefficient (Wildman–Crippen LogP) is 3.10. The molecule has 0 unspecified atom stereocenters. The van der Waals surface area contributed by atoms with Crippen molar-refractivity contribution >= 4 is 12.2 Å². The molecule has 0 N–H and O–H groups in total. The van der Waals surface area contributed by atoms with Crippen molar-refractivity contribution in [1.82, 2.24) is 14.7 Å². The van der Waals surface area contributed by atoms with E-state index in [1.807, 2.05) is 0 Å². The van der Waals surface area contributed by atoms with Crippen molar-refractivity contribution < 1.29 is 23.1 Å². The molecule has 0 saturated heterocycles. The van der Waals surface area contributed by atoms with E-state index >= 15 is 0 Å². The Kier molecular flexibility index (Phi) is 4.84. The van der Waals surface area contributed by atoms with Crippen molar-refractivity contribution in [2.24, 2.45) is 7.05 Å². The number of carbonyl (C=O) groups excluding carboxylic acids is 2. The van der Waals surface area contributed by atoms with Crippen molar-refractivity contribution in [3.05, 3.63) is 70.9 Å². The fourth-order valence-electron chi connectivity index (χ4n) is 3.47. The van der Waals surface area contributed by atoms with Crippen LogP contribution in [-0.4, -0.2) is 33.4 Å². The molecule has 2 heterocycles. The molecule has 0 spiro atoms. The van der Waals surface area contributed by atoms with Crippen LogP contribution in [0.5, 0.6) is 5.75 Å². The van der Waals surface area contributed by atoms with E-state index < -0.39 is 17.5 Å². The molecule has 1 amide bonds. The van der Waals surface area contributed by atoms with Gasteiger partial charge in [0, 0.05) is 30.3 Å². The predicted molar refractivity (Wildman–Crippen MR) is 100 cm³/mol. The van der Waals surface area contributed by atoms with E-state index in [1.165, 1.54) is 33.8 Å². The molecule has 0 fully saturated rings. The van der Waals surface area contributed by atoms with Gasteiger partial charge in [-0.1, -0.05) is 18.2 Å². The lowest BCUT2D eigenvalue weighted by molar-refractivity contribution is -0.108. The summed E-state index contributed by atoms with van der Waals surface area (Å²) in [5, 5.41) is 4.30. The summed E-state index contributed by atoms with van der Waals surface area (Å²) >= 11 is 0. The van der Waals surface area contributed by atoms with E-state index in [0.717, 1.165) is 0 Å². The maximum absolute atomic E-state index is 14.0. The number of nitrogens with zero attached hydrogens (tertiary/aromatic N) is 3.